The predicted molar refractivity (Wildman–Crippen MR) is 102 cm³/mol. The maximum Gasteiger partial charge on any atom is 0.0101 e. The zero-order valence-electron chi connectivity index (χ0n) is 14.4. The van der Waals surface area contributed by atoms with Gasteiger partial charge in [-0.15, -0.1) is 0 Å². The van der Waals surface area contributed by atoms with Crippen LogP contribution in [0.2, 0.25) is 0 Å². The third kappa shape index (κ3) is 2.57. The molecule has 0 saturated heterocycles. The van der Waals surface area contributed by atoms with Gasteiger partial charge in [0.2, 0.25) is 0 Å². The van der Waals surface area contributed by atoms with Crippen molar-refractivity contribution in [2.24, 2.45) is 0 Å². The molecule has 0 heterocycles. The molecule has 0 saturated carbocycles. The van der Waals surface area contributed by atoms with Gasteiger partial charge in [0.1, 0.15) is 0 Å². The van der Waals surface area contributed by atoms with E-state index in [1.165, 1.54) is 34.2 Å². The molecular formula is C24H24. The normalized spacial score (nSPS) is 20.6. The molecule has 4 rings (SSSR count). The number of hydrogen-bond acceptors (Lipinski definition) is 0. The molecule has 0 aromatic heterocycles. The molecule has 0 aliphatic heterocycles. The number of rotatable bonds is 3. The minimum Gasteiger partial charge on any atom is -0.0622 e. The average Bonchev–Trinajstić information content (AvgIpc) is 2.99. The van der Waals surface area contributed by atoms with Crippen molar-refractivity contribution < 1.29 is 0 Å². The summed E-state index contributed by atoms with van der Waals surface area (Å²) in [6.07, 6.45) is 1.22. The van der Waals surface area contributed by atoms with Crippen LogP contribution in [0.4, 0.5) is 0 Å². The van der Waals surface area contributed by atoms with Crippen LogP contribution in [0.1, 0.15) is 65.8 Å². The second-order valence-electron chi connectivity index (χ2n) is 7.08. The molecule has 0 spiro atoms. The van der Waals surface area contributed by atoms with Crippen molar-refractivity contribution in [1.29, 1.82) is 0 Å². The summed E-state index contributed by atoms with van der Waals surface area (Å²) in [6.45, 7) is 4.69. The van der Waals surface area contributed by atoms with Gasteiger partial charge >= 0.3 is 0 Å². The second kappa shape index (κ2) is 6.28. The van der Waals surface area contributed by atoms with Crippen LogP contribution in [-0.4, -0.2) is 0 Å². The zero-order chi connectivity index (χ0) is 16.5. The van der Waals surface area contributed by atoms with Crippen molar-refractivity contribution in [2.45, 2.75) is 38.0 Å². The summed E-state index contributed by atoms with van der Waals surface area (Å²) in [5, 5.41) is 0. The number of fused-ring (bicyclic) bond motifs is 1. The Balaban J connectivity index is 1.79. The van der Waals surface area contributed by atoms with E-state index in [2.05, 4.69) is 92.7 Å². The maximum atomic E-state index is 2.36. The van der Waals surface area contributed by atoms with E-state index in [9.17, 15) is 0 Å². The van der Waals surface area contributed by atoms with E-state index in [1.54, 1.807) is 0 Å². The topological polar surface area (TPSA) is 0 Å². The molecule has 0 fully saturated rings. The lowest BCUT2D eigenvalue weighted by Crippen LogP contribution is -2.05. The minimum absolute atomic E-state index is 0.422. The van der Waals surface area contributed by atoms with E-state index in [0.717, 1.165) is 0 Å². The Hall–Kier alpha value is -2.34. The summed E-state index contributed by atoms with van der Waals surface area (Å²) < 4.78 is 0. The van der Waals surface area contributed by atoms with Crippen LogP contribution in [0.3, 0.4) is 0 Å². The maximum absolute atomic E-state index is 2.36. The van der Waals surface area contributed by atoms with Crippen LogP contribution in [0, 0.1) is 0 Å². The van der Waals surface area contributed by atoms with E-state index in [0.29, 0.717) is 17.8 Å². The quantitative estimate of drug-likeness (QED) is 0.519. The highest BCUT2D eigenvalue weighted by Crippen LogP contribution is 2.47. The van der Waals surface area contributed by atoms with Gasteiger partial charge in [-0.05, 0) is 40.2 Å². The van der Waals surface area contributed by atoms with Crippen LogP contribution in [0.25, 0.3) is 0 Å². The molecule has 0 radical (unpaired) electrons. The molecule has 1 aliphatic carbocycles. The van der Waals surface area contributed by atoms with Crippen molar-refractivity contribution in [1.82, 2.24) is 0 Å². The SMILES string of the molecule is C[C@H](c1ccccc1)c1ccccc1[C@H]1C[C@H](C)c2ccccc21. The molecule has 120 valence electrons. The second-order valence-corrected chi connectivity index (χ2v) is 7.08. The molecule has 3 aromatic rings. The average molecular weight is 312 g/mol. The van der Waals surface area contributed by atoms with Crippen LogP contribution in [-0.2, 0) is 0 Å². The van der Waals surface area contributed by atoms with Crippen molar-refractivity contribution in [3.8, 4) is 0 Å². The summed E-state index contributed by atoms with van der Waals surface area (Å²) in [7, 11) is 0. The fraction of sp³-hybridized carbons (Fsp3) is 0.250. The molecule has 0 bridgehead atoms. The van der Waals surface area contributed by atoms with E-state index < -0.39 is 0 Å². The van der Waals surface area contributed by atoms with Crippen LogP contribution < -0.4 is 0 Å². The van der Waals surface area contributed by atoms with Crippen molar-refractivity contribution in [2.75, 3.05) is 0 Å². The Bertz CT molecular complexity index is 831. The number of hydrogen-bond donors (Lipinski definition) is 0. The van der Waals surface area contributed by atoms with Gasteiger partial charge in [0.15, 0.2) is 0 Å². The van der Waals surface area contributed by atoms with Gasteiger partial charge in [-0.3, -0.25) is 0 Å². The first kappa shape index (κ1) is 15.2. The highest BCUT2D eigenvalue weighted by molar-refractivity contribution is 5.49. The van der Waals surface area contributed by atoms with Gasteiger partial charge in [-0.25, -0.2) is 0 Å². The van der Waals surface area contributed by atoms with Crippen LogP contribution >= 0.6 is 0 Å². The molecule has 3 aromatic carbocycles. The van der Waals surface area contributed by atoms with E-state index >= 15 is 0 Å². The van der Waals surface area contributed by atoms with Crippen molar-refractivity contribution in [3.63, 3.8) is 0 Å². The Labute approximate surface area is 145 Å². The fourth-order valence-electron chi connectivity index (χ4n) is 4.32. The lowest BCUT2D eigenvalue weighted by molar-refractivity contribution is 0.678. The smallest absolute Gasteiger partial charge is 0.0101 e. The van der Waals surface area contributed by atoms with Gasteiger partial charge in [0.25, 0.3) is 0 Å². The summed E-state index contributed by atoms with van der Waals surface area (Å²) in [5.41, 5.74) is 7.43. The summed E-state index contributed by atoms with van der Waals surface area (Å²) >= 11 is 0. The molecule has 1 aliphatic rings. The first-order valence-electron chi connectivity index (χ1n) is 8.98. The minimum atomic E-state index is 0.422. The van der Waals surface area contributed by atoms with Crippen LogP contribution in [0.15, 0.2) is 78.9 Å². The lowest BCUT2D eigenvalue weighted by Gasteiger charge is -2.22. The molecule has 0 amide bonds. The summed E-state index contributed by atoms with van der Waals surface area (Å²) in [5.74, 6) is 1.59. The van der Waals surface area contributed by atoms with Gasteiger partial charge < -0.3 is 0 Å². The largest absolute Gasteiger partial charge is 0.0622 e. The van der Waals surface area contributed by atoms with E-state index in [4.69, 9.17) is 0 Å². The Morgan fingerprint density at radius 1 is 0.708 bits per heavy atom. The molecule has 0 unspecified atom stereocenters. The monoisotopic (exact) mass is 312 g/mol. The molecular weight excluding hydrogens is 288 g/mol. The van der Waals surface area contributed by atoms with Crippen LogP contribution in [0.5, 0.6) is 0 Å². The van der Waals surface area contributed by atoms with Gasteiger partial charge in [0.05, 0.1) is 0 Å². The Kier molecular flexibility index (Phi) is 3.98. The highest BCUT2D eigenvalue weighted by Gasteiger charge is 2.30. The molecule has 0 N–H and O–H groups in total. The first-order valence-corrected chi connectivity index (χ1v) is 8.98. The molecule has 0 nitrogen and oxygen atoms in total. The van der Waals surface area contributed by atoms with Crippen molar-refractivity contribution >= 4 is 0 Å². The third-order valence-electron chi connectivity index (χ3n) is 5.63. The molecule has 24 heavy (non-hydrogen) atoms. The number of benzene rings is 3. The van der Waals surface area contributed by atoms with E-state index in [-0.39, 0.29) is 0 Å². The standard InChI is InChI=1S/C24H24/c1-17-16-24(22-14-8-6-12-20(17)22)23-15-9-7-13-21(23)18(2)19-10-4-3-5-11-19/h3-15,17-18,24H,16H2,1-2H3/t17-,18+,24-/m0/s1. The zero-order valence-corrected chi connectivity index (χ0v) is 14.4. The summed E-state index contributed by atoms with van der Waals surface area (Å²) in [6, 6.07) is 28.9. The Morgan fingerprint density at radius 2 is 1.29 bits per heavy atom. The van der Waals surface area contributed by atoms with Gasteiger partial charge in [-0.1, -0.05) is 92.7 Å². The summed E-state index contributed by atoms with van der Waals surface area (Å²) in [4.78, 5) is 0. The van der Waals surface area contributed by atoms with Crippen molar-refractivity contribution in [3.05, 3.63) is 107 Å². The fourth-order valence-corrected chi connectivity index (χ4v) is 4.32. The van der Waals surface area contributed by atoms with Gasteiger partial charge in [0, 0.05) is 11.8 Å². The predicted octanol–water partition coefficient (Wildman–Crippen LogP) is 6.48. The Morgan fingerprint density at radius 3 is 2.04 bits per heavy atom. The third-order valence-corrected chi connectivity index (χ3v) is 5.63. The van der Waals surface area contributed by atoms with E-state index in [1.807, 2.05) is 0 Å². The molecule has 0 heteroatoms. The first-order chi connectivity index (χ1) is 11.8. The van der Waals surface area contributed by atoms with Gasteiger partial charge in [-0.2, -0.15) is 0 Å². The molecule has 3 atom stereocenters. The highest BCUT2D eigenvalue weighted by atomic mass is 14.3. The lowest BCUT2D eigenvalue weighted by atomic mass is 9.82.